The molecule has 0 atom stereocenters. The second kappa shape index (κ2) is 8.96. The molecule has 1 aromatic carbocycles. The van der Waals surface area contributed by atoms with E-state index < -0.39 is 0 Å². The SMILES string of the molecule is CCOC(=O)c1nc(-c2ccccc2)n(CCCN2CCOCC2)c1C. The Morgan fingerprint density at radius 3 is 2.62 bits per heavy atom. The molecular formula is C20H27N3O3. The largest absolute Gasteiger partial charge is 0.461 e. The molecule has 0 spiro atoms. The van der Waals surface area contributed by atoms with Crippen LogP contribution in [0.2, 0.25) is 0 Å². The van der Waals surface area contributed by atoms with Crippen molar-refractivity contribution in [2.45, 2.75) is 26.8 Å². The summed E-state index contributed by atoms with van der Waals surface area (Å²) < 4.78 is 12.7. The number of imidazole rings is 1. The first kappa shape index (κ1) is 18.6. The highest BCUT2D eigenvalue weighted by Gasteiger charge is 2.21. The minimum atomic E-state index is -0.353. The number of nitrogens with zero attached hydrogens (tertiary/aromatic N) is 3. The van der Waals surface area contributed by atoms with Gasteiger partial charge in [0.25, 0.3) is 0 Å². The zero-order valence-electron chi connectivity index (χ0n) is 15.6. The Labute approximate surface area is 154 Å². The zero-order chi connectivity index (χ0) is 18.4. The molecule has 0 saturated carbocycles. The first-order valence-electron chi connectivity index (χ1n) is 9.30. The van der Waals surface area contributed by atoms with Crippen LogP contribution in [0.4, 0.5) is 0 Å². The van der Waals surface area contributed by atoms with E-state index in [1.807, 2.05) is 44.2 Å². The van der Waals surface area contributed by atoms with Crippen LogP contribution < -0.4 is 0 Å². The number of hydrogen-bond acceptors (Lipinski definition) is 5. The van der Waals surface area contributed by atoms with Gasteiger partial charge in [-0.25, -0.2) is 9.78 Å². The molecule has 1 aliphatic heterocycles. The normalized spacial score (nSPS) is 15.2. The molecule has 0 bridgehead atoms. The number of hydrogen-bond donors (Lipinski definition) is 0. The van der Waals surface area contributed by atoms with Gasteiger partial charge in [-0.2, -0.15) is 0 Å². The fraction of sp³-hybridized carbons (Fsp3) is 0.500. The van der Waals surface area contributed by atoms with Crippen LogP contribution in [0.3, 0.4) is 0 Å². The molecule has 26 heavy (non-hydrogen) atoms. The molecule has 0 unspecified atom stereocenters. The van der Waals surface area contributed by atoms with Gasteiger partial charge in [-0.15, -0.1) is 0 Å². The molecule has 1 fully saturated rings. The van der Waals surface area contributed by atoms with E-state index in [1.54, 1.807) is 0 Å². The van der Waals surface area contributed by atoms with Gasteiger partial charge < -0.3 is 14.0 Å². The van der Waals surface area contributed by atoms with Crippen LogP contribution >= 0.6 is 0 Å². The van der Waals surface area contributed by atoms with E-state index >= 15 is 0 Å². The third-order valence-electron chi connectivity index (χ3n) is 4.68. The molecule has 0 aliphatic carbocycles. The number of aromatic nitrogens is 2. The number of benzene rings is 1. The number of esters is 1. The number of rotatable bonds is 7. The molecule has 2 heterocycles. The van der Waals surface area contributed by atoms with Gasteiger partial charge in [-0.3, -0.25) is 4.90 Å². The van der Waals surface area contributed by atoms with Crippen molar-refractivity contribution in [2.24, 2.45) is 0 Å². The molecule has 140 valence electrons. The molecular weight excluding hydrogens is 330 g/mol. The summed E-state index contributed by atoms with van der Waals surface area (Å²) in [5, 5.41) is 0. The molecule has 1 saturated heterocycles. The summed E-state index contributed by atoms with van der Waals surface area (Å²) in [6.45, 7) is 9.54. The van der Waals surface area contributed by atoms with Crippen LogP contribution in [0.5, 0.6) is 0 Å². The predicted octanol–water partition coefficient (Wildman–Crippen LogP) is 2.76. The monoisotopic (exact) mass is 357 g/mol. The van der Waals surface area contributed by atoms with Crippen molar-refractivity contribution < 1.29 is 14.3 Å². The van der Waals surface area contributed by atoms with Gasteiger partial charge in [0, 0.05) is 37.4 Å². The summed E-state index contributed by atoms with van der Waals surface area (Å²) in [7, 11) is 0. The van der Waals surface area contributed by atoms with Crippen molar-refractivity contribution in [3.8, 4) is 11.4 Å². The lowest BCUT2D eigenvalue weighted by atomic mass is 10.2. The van der Waals surface area contributed by atoms with Crippen LogP contribution in [0, 0.1) is 6.92 Å². The quantitative estimate of drug-likeness (QED) is 0.713. The highest BCUT2D eigenvalue weighted by Crippen LogP contribution is 2.23. The zero-order valence-corrected chi connectivity index (χ0v) is 15.6. The predicted molar refractivity (Wildman–Crippen MR) is 100 cm³/mol. The van der Waals surface area contributed by atoms with E-state index in [4.69, 9.17) is 9.47 Å². The number of ether oxygens (including phenoxy) is 2. The molecule has 6 nitrogen and oxygen atoms in total. The third kappa shape index (κ3) is 4.31. The lowest BCUT2D eigenvalue weighted by molar-refractivity contribution is 0.0369. The van der Waals surface area contributed by atoms with Crippen LogP contribution in [-0.2, 0) is 16.0 Å². The highest BCUT2D eigenvalue weighted by atomic mass is 16.5. The van der Waals surface area contributed by atoms with Crippen molar-refractivity contribution in [3.05, 3.63) is 41.7 Å². The van der Waals surface area contributed by atoms with Crippen LogP contribution in [0.1, 0.15) is 29.5 Å². The summed E-state index contributed by atoms with van der Waals surface area (Å²) in [4.78, 5) is 19.3. The Balaban J connectivity index is 1.80. The summed E-state index contributed by atoms with van der Waals surface area (Å²) in [5.74, 6) is 0.474. The molecule has 6 heteroatoms. The maximum absolute atomic E-state index is 12.3. The molecule has 2 aromatic rings. The topological polar surface area (TPSA) is 56.6 Å². The van der Waals surface area contributed by atoms with Crippen molar-refractivity contribution in [1.29, 1.82) is 0 Å². The fourth-order valence-corrected chi connectivity index (χ4v) is 3.29. The molecule has 0 radical (unpaired) electrons. The van der Waals surface area contributed by atoms with E-state index in [0.717, 1.165) is 62.9 Å². The molecule has 0 amide bonds. The first-order valence-corrected chi connectivity index (χ1v) is 9.30. The van der Waals surface area contributed by atoms with E-state index in [1.165, 1.54) is 0 Å². The maximum Gasteiger partial charge on any atom is 0.358 e. The van der Waals surface area contributed by atoms with Crippen LogP contribution in [0.25, 0.3) is 11.4 Å². The Bertz CT molecular complexity index is 721. The van der Waals surface area contributed by atoms with E-state index in [9.17, 15) is 4.79 Å². The Morgan fingerprint density at radius 2 is 1.92 bits per heavy atom. The molecule has 1 aliphatic rings. The van der Waals surface area contributed by atoms with Gasteiger partial charge in [-0.1, -0.05) is 30.3 Å². The number of carbonyl (C=O) groups is 1. The average Bonchev–Trinajstić information content (AvgIpc) is 3.00. The lowest BCUT2D eigenvalue weighted by Crippen LogP contribution is -2.37. The number of carbonyl (C=O) groups excluding carboxylic acids is 1. The van der Waals surface area contributed by atoms with Crippen molar-refractivity contribution in [2.75, 3.05) is 39.5 Å². The van der Waals surface area contributed by atoms with Gasteiger partial charge in [0.1, 0.15) is 5.82 Å². The first-order chi connectivity index (χ1) is 12.7. The van der Waals surface area contributed by atoms with Gasteiger partial charge in [0.15, 0.2) is 5.69 Å². The second-order valence-corrected chi connectivity index (χ2v) is 6.42. The smallest absolute Gasteiger partial charge is 0.358 e. The van der Waals surface area contributed by atoms with Gasteiger partial charge in [-0.05, 0) is 20.3 Å². The fourth-order valence-electron chi connectivity index (χ4n) is 3.29. The molecule has 1 aromatic heterocycles. The van der Waals surface area contributed by atoms with E-state index in [2.05, 4.69) is 14.5 Å². The summed E-state index contributed by atoms with van der Waals surface area (Å²) >= 11 is 0. The minimum Gasteiger partial charge on any atom is -0.461 e. The Kier molecular flexibility index (Phi) is 6.41. The summed E-state index contributed by atoms with van der Waals surface area (Å²) in [6.07, 6.45) is 0.999. The average molecular weight is 357 g/mol. The second-order valence-electron chi connectivity index (χ2n) is 6.42. The Morgan fingerprint density at radius 1 is 1.19 bits per heavy atom. The lowest BCUT2D eigenvalue weighted by Gasteiger charge is -2.26. The van der Waals surface area contributed by atoms with Crippen LogP contribution in [0.15, 0.2) is 30.3 Å². The van der Waals surface area contributed by atoms with Gasteiger partial charge in [0.2, 0.25) is 0 Å². The Hall–Kier alpha value is -2.18. The van der Waals surface area contributed by atoms with Crippen molar-refractivity contribution in [1.82, 2.24) is 14.5 Å². The van der Waals surface area contributed by atoms with Gasteiger partial charge >= 0.3 is 5.97 Å². The summed E-state index contributed by atoms with van der Waals surface area (Å²) in [5.41, 5.74) is 2.29. The standard InChI is InChI=1S/C20H27N3O3/c1-3-26-20(24)18-16(2)23(11-7-10-22-12-14-25-15-13-22)19(21-18)17-8-5-4-6-9-17/h4-6,8-9H,3,7,10-15H2,1-2H3. The maximum atomic E-state index is 12.3. The third-order valence-corrected chi connectivity index (χ3v) is 4.68. The molecule has 3 rings (SSSR count). The van der Waals surface area contributed by atoms with Crippen LogP contribution in [-0.4, -0.2) is 59.9 Å². The molecule has 0 N–H and O–H groups in total. The van der Waals surface area contributed by atoms with Gasteiger partial charge in [0.05, 0.1) is 19.8 Å². The number of morpholine rings is 1. The minimum absolute atomic E-state index is 0.350. The van der Waals surface area contributed by atoms with E-state index in [0.29, 0.717) is 12.3 Å². The van der Waals surface area contributed by atoms with Crippen molar-refractivity contribution >= 4 is 5.97 Å². The van der Waals surface area contributed by atoms with Crippen molar-refractivity contribution in [3.63, 3.8) is 0 Å². The van der Waals surface area contributed by atoms with E-state index in [-0.39, 0.29) is 5.97 Å². The highest BCUT2D eigenvalue weighted by molar-refractivity contribution is 5.89. The summed E-state index contributed by atoms with van der Waals surface area (Å²) in [6, 6.07) is 10.0.